The molecular formula is C26H30N2O2. The molecule has 2 N–H and O–H groups in total. The predicted molar refractivity (Wildman–Crippen MR) is 122 cm³/mol. The van der Waals surface area contributed by atoms with Crippen LogP contribution in [-0.2, 0) is 19.4 Å². The minimum absolute atomic E-state index is 0.0375. The molecule has 0 saturated heterocycles. The Morgan fingerprint density at radius 3 is 2.73 bits per heavy atom. The third-order valence-corrected chi connectivity index (χ3v) is 6.17. The van der Waals surface area contributed by atoms with Crippen LogP contribution in [0.3, 0.4) is 0 Å². The maximum absolute atomic E-state index is 13.1. The Morgan fingerprint density at radius 2 is 1.97 bits per heavy atom. The first-order valence-corrected chi connectivity index (χ1v) is 10.8. The van der Waals surface area contributed by atoms with E-state index in [0.717, 1.165) is 47.5 Å². The van der Waals surface area contributed by atoms with Gasteiger partial charge < -0.3 is 15.0 Å². The Morgan fingerprint density at radius 1 is 1.17 bits per heavy atom. The van der Waals surface area contributed by atoms with E-state index in [1.165, 1.54) is 11.1 Å². The van der Waals surface area contributed by atoms with Crippen LogP contribution in [0, 0.1) is 6.92 Å². The average Bonchev–Trinajstić information content (AvgIpc) is 3.22. The molecule has 0 saturated carbocycles. The van der Waals surface area contributed by atoms with E-state index in [4.69, 9.17) is 10.5 Å². The number of aryl methyl sites for hydroxylation is 2. The molecule has 0 radical (unpaired) electrons. The number of fused-ring (bicyclic) bond motifs is 1. The number of hydrogen-bond acceptors (Lipinski definition) is 3. The smallest absolute Gasteiger partial charge is 0.254 e. The monoisotopic (exact) mass is 402 g/mol. The normalized spacial score (nSPS) is 14.8. The van der Waals surface area contributed by atoms with Crippen molar-refractivity contribution in [2.24, 2.45) is 5.73 Å². The van der Waals surface area contributed by atoms with Gasteiger partial charge in [0.1, 0.15) is 5.75 Å². The summed E-state index contributed by atoms with van der Waals surface area (Å²) in [5.41, 5.74) is 13.0. The average molecular weight is 403 g/mol. The third kappa shape index (κ3) is 3.80. The number of benzene rings is 2. The fraction of sp³-hybridized carbons (Fsp3) is 0.346. The van der Waals surface area contributed by atoms with Gasteiger partial charge in [0.05, 0.1) is 6.61 Å². The zero-order valence-electron chi connectivity index (χ0n) is 18.0. The van der Waals surface area contributed by atoms with Gasteiger partial charge >= 0.3 is 0 Å². The molecule has 4 rings (SSSR count). The van der Waals surface area contributed by atoms with Crippen molar-refractivity contribution in [1.29, 1.82) is 0 Å². The van der Waals surface area contributed by atoms with Crippen LogP contribution < -0.4 is 16.0 Å². The molecule has 0 bridgehead atoms. The van der Waals surface area contributed by atoms with Crippen LogP contribution in [0.5, 0.6) is 5.75 Å². The van der Waals surface area contributed by atoms with Gasteiger partial charge in [-0.05, 0) is 55.5 Å². The van der Waals surface area contributed by atoms with Crippen LogP contribution in [0.15, 0.2) is 59.5 Å². The zero-order valence-corrected chi connectivity index (χ0v) is 18.0. The molecule has 4 heteroatoms. The fourth-order valence-electron chi connectivity index (χ4n) is 4.50. The second kappa shape index (κ2) is 8.49. The van der Waals surface area contributed by atoms with E-state index in [0.29, 0.717) is 6.54 Å². The highest BCUT2D eigenvalue weighted by atomic mass is 16.5. The van der Waals surface area contributed by atoms with Crippen molar-refractivity contribution in [3.63, 3.8) is 0 Å². The molecule has 2 unspecified atom stereocenters. The summed E-state index contributed by atoms with van der Waals surface area (Å²) in [7, 11) is 0. The van der Waals surface area contributed by atoms with Gasteiger partial charge in [-0.3, -0.25) is 4.79 Å². The van der Waals surface area contributed by atoms with Crippen LogP contribution in [-0.4, -0.2) is 17.2 Å². The molecule has 0 fully saturated rings. The van der Waals surface area contributed by atoms with Crippen molar-refractivity contribution < 1.29 is 4.74 Å². The van der Waals surface area contributed by atoms with Gasteiger partial charge in [-0.2, -0.15) is 0 Å². The molecule has 0 spiro atoms. The van der Waals surface area contributed by atoms with E-state index in [1.54, 1.807) is 4.57 Å². The Kier molecular flexibility index (Phi) is 5.78. The van der Waals surface area contributed by atoms with Crippen LogP contribution in [0.4, 0.5) is 0 Å². The Bertz CT molecular complexity index is 1110. The maximum Gasteiger partial charge on any atom is 0.254 e. The van der Waals surface area contributed by atoms with Gasteiger partial charge in [0.15, 0.2) is 0 Å². The summed E-state index contributed by atoms with van der Waals surface area (Å²) in [6.45, 7) is 7.40. The summed E-state index contributed by atoms with van der Waals surface area (Å²) < 4.78 is 7.67. The van der Waals surface area contributed by atoms with E-state index >= 15 is 0 Å². The minimum atomic E-state index is -0.128. The number of nitrogens with two attached hydrogens (primary N) is 1. The largest absolute Gasteiger partial charge is 0.492 e. The first-order valence-electron chi connectivity index (χ1n) is 10.8. The Labute approximate surface area is 178 Å². The lowest BCUT2D eigenvalue weighted by Crippen LogP contribution is -2.34. The molecule has 0 amide bonds. The molecule has 1 aliphatic rings. The van der Waals surface area contributed by atoms with Gasteiger partial charge in [-0.1, -0.05) is 42.5 Å². The Hall–Kier alpha value is -2.85. The van der Waals surface area contributed by atoms with E-state index in [2.05, 4.69) is 42.5 Å². The number of aromatic nitrogens is 1. The van der Waals surface area contributed by atoms with Crippen molar-refractivity contribution >= 4 is 0 Å². The molecule has 2 aromatic carbocycles. The number of ether oxygens (including phenoxy) is 1. The van der Waals surface area contributed by atoms with Gasteiger partial charge in [0.2, 0.25) is 0 Å². The lowest BCUT2D eigenvalue weighted by molar-refractivity contribution is 0.358. The van der Waals surface area contributed by atoms with E-state index < -0.39 is 0 Å². The molecule has 1 aliphatic heterocycles. The van der Waals surface area contributed by atoms with Crippen LogP contribution in [0.2, 0.25) is 0 Å². The van der Waals surface area contributed by atoms with E-state index in [9.17, 15) is 4.79 Å². The van der Waals surface area contributed by atoms with Gasteiger partial charge in [-0.15, -0.1) is 0 Å². The number of rotatable bonds is 6. The van der Waals surface area contributed by atoms with Crippen molar-refractivity contribution in [3.8, 4) is 16.9 Å². The van der Waals surface area contributed by atoms with Crippen LogP contribution >= 0.6 is 0 Å². The summed E-state index contributed by atoms with van der Waals surface area (Å²) in [6, 6.07) is 16.8. The SMILES string of the molecule is CCn1ccc(C)c(C(Cc2cccc(-c3cccc4c3OCC4)c2)C(C)N)c1=O. The van der Waals surface area contributed by atoms with Crippen molar-refractivity contribution in [1.82, 2.24) is 4.57 Å². The van der Waals surface area contributed by atoms with Crippen LogP contribution in [0.25, 0.3) is 11.1 Å². The fourth-order valence-corrected chi connectivity index (χ4v) is 4.50. The number of nitrogens with zero attached hydrogens (tertiary/aromatic N) is 1. The summed E-state index contributed by atoms with van der Waals surface area (Å²) in [5, 5.41) is 0. The molecule has 2 atom stereocenters. The molecule has 156 valence electrons. The number of hydrogen-bond donors (Lipinski definition) is 1. The first kappa shape index (κ1) is 20.4. The second-order valence-electron chi connectivity index (χ2n) is 8.27. The highest BCUT2D eigenvalue weighted by Crippen LogP contribution is 2.37. The molecule has 2 heterocycles. The molecule has 1 aromatic heterocycles. The first-order chi connectivity index (χ1) is 14.5. The van der Waals surface area contributed by atoms with Gasteiger partial charge in [0, 0.05) is 42.2 Å². The summed E-state index contributed by atoms with van der Waals surface area (Å²) >= 11 is 0. The molecule has 3 aromatic rings. The van der Waals surface area contributed by atoms with Crippen molar-refractivity contribution in [2.75, 3.05) is 6.61 Å². The maximum atomic E-state index is 13.1. The van der Waals surface area contributed by atoms with Gasteiger partial charge in [0.25, 0.3) is 5.56 Å². The van der Waals surface area contributed by atoms with E-state index in [-0.39, 0.29) is 17.5 Å². The number of pyridine rings is 1. The number of para-hydroxylation sites is 1. The van der Waals surface area contributed by atoms with E-state index in [1.807, 2.05) is 33.0 Å². The quantitative estimate of drug-likeness (QED) is 0.663. The van der Waals surface area contributed by atoms with Gasteiger partial charge in [-0.25, -0.2) is 0 Å². The summed E-state index contributed by atoms with van der Waals surface area (Å²) in [6.07, 6.45) is 3.56. The predicted octanol–water partition coefficient (Wildman–Crippen LogP) is 4.45. The third-order valence-electron chi connectivity index (χ3n) is 6.17. The molecule has 0 aliphatic carbocycles. The van der Waals surface area contributed by atoms with Crippen LogP contribution in [0.1, 0.15) is 42.0 Å². The highest BCUT2D eigenvalue weighted by Gasteiger charge is 2.23. The zero-order chi connectivity index (χ0) is 21.3. The summed E-state index contributed by atoms with van der Waals surface area (Å²) in [5.74, 6) is 0.965. The summed E-state index contributed by atoms with van der Waals surface area (Å²) in [4.78, 5) is 13.1. The van der Waals surface area contributed by atoms with Crippen molar-refractivity contribution in [3.05, 3.63) is 87.3 Å². The Balaban J connectivity index is 1.71. The van der Waals surface area contributed by atoms with Crippen molar-refractivity contribution in [2.45, 2.75) is 52.1 Å². The topological polar surface area (TPSA) is 57.2 Å². The standard InChI is InChI=1S/C26H30N2O2/c1-4-28-13-11-17(2)24(26(28)29)23(18(3)27)16-19-7-5-9-21(15-19)22-10-6-8-20-12-14-30-25(20)22/h5-11,13,15,18,23H,4,12,14,16,27H2,1-3H3. The second-order valence-corrected chi connectivity index (χ2v) is 8.27. The lowest BCUT2D eigenvalue weighted by Gasteiger charge is -2.24. The molecular weight excluding hydrogens is 372 g/mol. The lowest BCUT2D eigenvalue weighted by atomic mass is 9.85. The molecule has 4 nitrogen and oxygen atoms in total. The molecule has 30 heavy (non-hydrogen) atoms. The minimum Gasteiger partial charge on any atom is -0.492 e. The highest BCUT2D eigenvalue weighted by molar-refractivity contribution is 5.73.